The average Bonchev–Trinajstić information content (AvgIpc) is 2.60. The number of aryl methyl sites for hydroxylation is 1. The van der Waals surface area contributed by atoms with Crippen molar-refractivity contribution in [1.29, 1.82) is 0 Å². The van der Waals surface area contributed by atoms with Crippen molar-refractivity contribution in [2.45, 2.75) is 26.8 Å². The molecule has 2 amide bonds. The van der Waals surface area contributed by atoms with Crippen molar-refractivity contribution in [3.05, 3.63) is 71.3 Å². The van der Waals surface area contributed by atoms with Gasteiger partial charge in [-0.2, -0.15) is 0 Å². The van der Waals surface area contributed by atoms with Crippen LogP contribution in [0.15, 0.2) is 54.6 Å². The molecule has 0 bridgehead atoms. The molecule has 0 radical (unpaired) electrons. The number of nitrogens with one attached hydrogen (secondary N) is 1. The first kappa shape index (κ1) is 17.7. The zero-order valence-corrected chi connectivity index (χ0v) is 14.3. The highest BCUT2D eigenvalue weighted by molar-refractivity contribution is 5.85. The molecule has 0 aromatic heterocycles. The maximum Gasteiger partial charge on any atom is 0.242 e. The maximum atomic E-state index is 12.3. The zero-order valence-electron chi connectivity index (χ0n) is 14.3. The lowest BCUT2D eigenvalue weighted by molar-refractivity contribution is -0.133. The molecule has 0 aliphatic carbocycles. The van der Waals surface area contributed by atoms with Gasteiger partial charge >= 0.3 is 0 Å². The number of hydrogen-bond donors (Lipinski definition) is 1. The highest BCUT2D eigenvalue weighted by atomic mass is 16.2. The van der Waals surface area contributed by atoms with E-state index >= 15 is 0 Å². The van der Waals surface area contributed by atoms with Gasteiger partial charge in [-0.25, -0.2) is 0 Å². The van der Waals surface area contributed by atoms with Crippen molar-refractivity contribution >= 4 is 11.8 Å². The minimum atomic E-state index is -0.131. The first-order valence-electron chi connectivity index (χ1n) is 8.23. The van der Waals surface area contributed by atoms with Gasteiger partial charge in [-0.1, -0.05) is 54.6 Å². The number of amides is 2. The third kappa shape index (κ3) is 5.23. The molecule has 0 fully saturated rings. The van der Waals surface area contributed by atoms with Crippen molar-refractivity contribution in [3.8, 4) is 0 Å². The van der Waals surface area contributed by atoms with Crippen LogP contribution >= 0.6 is 0 Å². The van der Waals surface area contributed by atoms with Crippen LogP contribution in [0.5, 0.6) is 0 Å². The second-order valence-corrected chi connectivity index (χ2v) is 5.77. The molecule has 2 aromatic rings. The van der Waals surface area contributed by atoms with Gasteiger partial charge in [0, 0.05) is 13.1 Å². The molecule has 4 nitrogen and oxygen atoms in total. The van der Waals surface area contributed by atoms with Crippen molar-refractivity contribution in [2.75, 3.05) is 13.1 Å². The summed E-state index contributed by atoms with van der Waals surface area (Å²) in [5.41, 5.74) is 3.15. The van der Waals surface area contributed by atoms with Gasteiger partial charge < -0.3 is 10.2 Å². The second-order valence-electron chi connectivity index (χ2n) is 5.77. The van der Waals surface area contributed by atoms with E-state index in [0.717, 1.165) is 16.7 Å². The van der Waals surface area contributed by atoms with Crippen LogP contribution < -0.4 is 5.32 Å². The van der Waals surface area contributed by atoms with Gasteiger partial charge in [-0.05, 0) is 30.5 Å². The number of benzene rings is 2. The van der Waals surface area contributed by atoms with Crippen LogP contribution in [-0.2, 0) is 22.6 Å². The fourth-order valence-corrected chi connectivity index (χ4v) is 2.51. The monoisotopic (exact) mass is 324 g/mol. The summed E-state index contributed by atoms with van der Waals surface area (Å²) in [6, 6.07) is 17.6. The zero-order chi connectivity index (χ0) is 17.4. The predicted octanol–water partition coefficient (Wildman–Crippen LogP) is 2.70. The highest BCUT2D eigenvalue weighted by Crippen LogP contribution is 2.07. The van der Waals surface area contributed by atoms with Crippen LogP contribution in [-0.4, -0.2) is 29.8 Å². The van der Waals surface area contributed by atoms with Gasteiger partial charge in [0.2, 0.25) is 11.8 Å². The summed E-state index contributed by atoms with van der Waals surface area (Å²) < 4.78 is 0. The molecule has 0 heterocycles. The highest BCUT2D eigenvalue weighted by Gasteiger charge is 2.13. The number of carbonyl (C=O) groups excluding carboxylic acids is 2. The van der Waals surface area contributed by atoms with E-state index in [-0.39, 0.29) is 18.4 Å². The topological polar surface area (TPSA) is 49.4 Å². The molecule has 1 N–H and O–H groups in total. The summed E-state index contributed by atoms with van der Waals surface area (Å²) in [7, 11) is 0. The Balaban J connectivity index is 1.84. The Morgan fingerprint density at radius 2 is 1.67 bits per heavy atom. The number of nitrogens with zero attached hydrogens (tertiary/aromatic N) is 1. The first-order chi connectivity index (χ1) is 11.6. The lowest BCUT2D eigenvalue weighted by atomic mass is 10.1. The van der Waals surface area contributed by atoms with E-state index in [1.165, 1.54) is 0 Å². The Labute approximate surface area is 143 Å². The van der Waals surface area contributed by atoms with E-state index in [9.17, 15) is 9.59 Å². The molecule has 2 aromatic carbocycles. The Morgan fingerprint density at radius 1 is 1.00 bits per heavy atom. The van der Waals surface area contributed by atoms with E-state index in [2.05, 4.69) is 5.32 Å². The largest absolute Gasteiger partial charge is 0.347 e. The van der Waals surface area contributed by atoms with Crippen LogP contribution in [0.25, 0.3) is 0 Å². The standard InChI is InChI=1S/C20H24N2O2/c1-3-22(15-17-10-5-4-6-11-17)20(24)14-21-19(23)13-18-12-8-7-9-16(18)2/h4-12H,3,13-15H2,1-2H3,(H,21,23). The van der Waals surface area contributed by atoms with Crippen molar-refractivity contribution in [3.63, 3.8) is 0 Å². The summed E-state index contributed by atoms with van der Waals surface area (Å²) in [6.45, 7) is 5.12. The molecule has 126 valence electrons. The van der Waals surface area contributed by atoms with Crippen LogP contribution in [0.2, 0.25) is 0 Å². The number of hydrogen-bond acceptors (Lipinski definition) is 2. The third-order valence-electron chi connectivity index (χ3n) is 4.00. The average molecular weight is 324 g/mol. The number of carbonyl (C=O) groups is 2. The molecule has 0 aliphatic heterocycles. The molecule has 0 atom stereocenters. The van der Waals surface area contributed by atoms with Crippen molar-refractivity contribution in [1.82, 2.24) is 10.2 Å². The van der Waals surface area contributed by atoms with Crippen LogP contribution in [0.4, 0.5) is 0 Å². The lowest BCUT2D eigenvalue weighted by Crippen LogP contribution is -2.40. The molecule has 0 unspecified atom stereocenters. The van der Waals surface area contributed by atoms with Gasteiger partial charge in [0.1, 0.15) is 0 Å². The number of likely N-dealkylation sites (N-methyl/N-ethyl adjacent to an activating group) is 1. The van der Waals surface area contributed by atoms with Crippen LogP contribution in [0.1, 0.15) is 23.6 Å². The van der Waals surface area contributed by atoms with E-state index < -0.39 is 0 Å². The van der Waals surface area contributed by atoms with Gasteiger partial charge in [0.05, 0.1) is 13.0 Å². The quantitative estimate of drug-likeness (QED) is 0.851. The lowest BCUT2D eigenvalue weighted by Gasteiger charge is -2.21. The Hall–Kier alpha value is -2.62. The summed E-state index contributed by atoms with van der Waals surface area (Å²) in [5, 5.41) is 2.73. The van der Waals surface area contributed by atoms with Gasteiger partial charge in [0.25, 0.3) is 0 Å². The minimum Gasteiger partial charge on any atom is -0.347 e. The van der Waals surface area contributed by atoms with Crippen molar-refractivity contribution in [2.24, 2.45) is 0 Å². The van der Waals surface area contributed by atoms with Gasteiger partial charge in [-0.15, -0.1) is 0 Å². The minimum absolute atomic E-state index is 0.0331. The fraction of sp³-hybridized carbons (Fsp3) is 0.300. The SMILES string of the molecule is CCN(Cc1ccccc1)C(=O)CNC(=O)Cc1ccccc1C. The molecule has 0 saturated carbocycles. The van der Waals surface area contributed by atoms with Gasteiger partial charge in [0.15, 0.2) is 0 Å². The predicted molar refractivity (Wildman–Crippen MR) is 95.4 cm³/mol. The van der Waals surface area contributed by atoms with E-state index in [0.29, 0.717) is 19.5 Å². The summed E-state index contributed by atoms with van der Waals surface area (Å²) in [4.78, 5) is 26.1. The normalized spacial score (nSPS) is 10.2. The molecule has 2 rings (SSSR count). The Bertz CT molecular complexity index is 683. The third-order valence-corrected chi connectivity index (χ3v) is 4.00. The Kier molecular flexibility index (Phi) is 6.55. The smallest absolute Gasteiger partial charge is 0.242 e. The second kappa shape index (κ2) is 8.87. The Morgan fingerprint density at radius 3 is 2.33 bits per heavy atom. The summed E-state index contributed by atoms with van der Waals surface area (Å²) in [5.74, 6) is -0.201. The van der Waals surface area contributed by atoms with E-state index in [1.807, 2.05) is 68.4 Å². The number of rotatable bonds is 7. The summed E-state index contributed by atoms with van der Waals surface area (Å²) >= 11 is 0. The molecule has 0 spiro atoms. The molecule has 0 aliphatic rings. The first-order valence-corrected chi connectivity index (χ1v) is 8.23. The molecular weight excluding hydrogens is 300 g/mol. The van der Waals surface area contributed by atoms with Crippen LogP contribution in [0.3, 0.4) is 0 Å². The maximum absolute atomic E-state index is 12.3. The molecule has 4 heteroatoms. The molecular formula is C20H24N2O2. The van der Waals surface area contributed by atoms with Crippen LogP contribution in [0, 0.1) is 6.92 Å². The summed E-state index contributed by atoms with van der Waals surface area (Å²) in [6.07, 6.45) is 0.296. The van der Waals surface area contributed by atoms with Crippen molar-refractivity contribution < 1.29 is 9.59 Å². The van der Waals surface area contributed by atoms with Gasteiger partial charge in [-0.3, -0.25) is 9.59 Å². The van der Waals surface area contributed by atoms with E-state index in [4.69, 9.17) is 0 Å². The molecule has 24 heavy (non-hydrogen) atoms. The van der Waals surface area contributed by atoms with E-state index in [1.54, 1.807) is 4.90 Å². The molecule has 0 saturated heterocycles. The fourth-order valence-electron chi connectivity index (χ4n) is 2.51.